The van der Waals surface area contributed by atoms with Crippen LogP contribution in [-0.2, 0) is 16.1 Å². The molecule has 1 amide bonds. The molecular formula is C29H30FNO7. The lowest BCUT2D eigenvalue weighted by molar-refractivity contribution is -0.140. The van der Waals surface area contributed by atoms with Crippen molar-refractivity contribution in [2.24, 2.45) is 0 Å². The molecule has 3 aromatic rings. The van der Waals surface area contributed by atoms with Gasteiger partial charge in [-0.25, -0.2) is 4.39 Å². The lowest BCUT2D eigenvalue weighted by Gasteiger charge is -2.25. The van der Waals surface area contributed by atoms with Crippen molar-refractivity contribution < 1.29 is 37.7 Å². The highest BCUT2D eigenvalue weighted by molar-refractivity contribution is 6.46. The van der Waals surface area contributed by atoms with Crippen molar-refractivity contribution in [1.82, 2.24) is 4.90 Å². The first kappa shape index (κ1) is 26.8. The van der Waals surface area contributed by atoms with Gasteiger partial charge in [0.1, 0.15) is 11.5 Å². The Kier molecular flexibility index (Phi) is 8.35. The molecule has 38 heavy (non-hydrogen) atoms. The summed E-state index contributed by atoms with van der Waals surface area (Å²) in [5.41, 5.74) is 0.362. The highest BCUT2D eigenvalue weighted by Crippen LogP contribution is 2.43. The lowest BCUT2D eigenvalue weighted by atomic mass is 9.95. The number of hydrogen-bond acceptors (Lipinski definition) is 7. The normalized spacial score (nSPS) is 16.6. The number of likely N-dealkylation sites (tertiary alicyclic amines) is 1. The van der Waals surface area contributed by atoms with Gasteiger partial charge in [0.15, 0.2) is 23.1 Å². The topological polar surface area (TPSA) is 98.4 Å². The number of methoxy groups -OCH3 is 2. The highest BCUT2D eigenvalue weighted by atomic mass is 19.1. The molecule has 4 rings (SSSR count). The fourth-order valence-corrected chi connectivity index (χ4v) is 4.44. The number of rotatable bonds is 11. The second kappa shape index (κ2) is 11.9. The van der Waals surface area contributed by atoms with Crippen molar-refractivity contribution in [2.45, 2.75) is 38.8 Å². The van der Waals surface area contributed by atoms with Crippen LogP contribution < -0.4 is 14.2 Å². The Morgan fingerprint density at radius 3 is 2.45 bits per heavy atom. The second-order valence-electron chi connectivity index (χ2n) is 8.82. The van der Waals surface area contributed by atoms with Gasteiger partial charge in [0.2, 0.25) is 0 Å². The Hall–Kier alpha value is -4.27. The van der Waals surface area contributed by atoms with Crippen LogP contribution in [0.25, 0.3) is 5.76 Å². The van der Waals surface area contributed by atoms with Crippen LogP contribution in [0.1, 0.15) is 49.1 Å². The number of benzene rings is 2. The first-order valence-corrected chi connectivity index (χ1v) is 12.3. The van der Waals surface area contributed by atoms with Crippen LogP contribution in [0, 0.1) is 5.82 Å². The lowest BCUT2D eigenvalue weighted by Crippen LogP contribution is -2.29. The number of nitrogens with zero attached hydrogens (tertiary/aromatic N) is 1. The third-order valence-corrected chi connectivity index (χ3v) is 6.38. The Morgan fingerprint density at radius 1 is 1.03 bits per heavy atom. The van der Waals surface area contributed by atoms with Crippen LogP contribution in [0.2, 0.25) is 0 Å². The van der Waals surface area contributed by atoms with Gasteiger partial charge in [-0.05, 0) is 54.4 Å². The molecule has 1 atom stereocenters. The molecule has 1 N–H and O–H groups in total. The zero-order chi connectivity index (χ0) is 27.2. The number of amides is 1. The molecule has 1 saturated heterocycles. The average Bonchev–Trinajstić information content (AvgIpc) is 3.53. The van der Waals surface area contributed by atoms with E-state index < -0.39 is 29.3 Å². The van der Waals surface area contributed by atoms with E-state index in [1.165, 1.54) is 37.5 Å². The summed E-state index contributed by atoms with van der Waals surface area (Å²) in [6.07, 6.45) is 4.46. The molecule has 1 fully saturated rings. The molecule has 0 saturated carbocycles. The molecule has 2 aromatic carbocycles. The highest BCUT2D eigenvalue weighted by Gasteiger charge is 2.46. The molecule has 0 spiro atoms. The smallest absolute Gasteiger partial charge is 0.296 e. The summed E-state index contributed by atoms with van der Waals surface area (Å²) in [6.45, 7) is 2.60. The minimum absolute atomic E-state index is 0.0179. The molecule has 200 valence electrons. The average molecular weight is 524 g/mol. The molecule has 2 heterocycles. The summed E-state index contributed by atoms with van der Waals surface area (Å²) < 4.78 is 36.2. The summed E-state index contributed by atoms with van der Waals surface area (Å²) in [5.74, 6) is -1.56. The zero-order valence-corrected chi connectivity index (χ0v) is 21.5. The minimum atomic E-state index is -0.992. The predicted molar refractivity (Wildman–Crippen MR) is 138 cm³/mol. The standard InChI is InChI=1S/C29H30FNO7/c1-4-5-6-13-38-23-12-9-18(16-24(23)36-3)26-25(27(32)19-10-11-22(35-2)21(30)15-19)28(33)29(34)31(26)17-20-8-7-14-37-20/h7-12,14-16,26,32H,4-6,13,17H2,1-3H3/b27-25-. The van der Waals surface area contributed by atoms with E-state index in [-0.39, 0.29) is 23.4 Å². The van der Waals surface area contributed by atoms with Gasteiger partial charge < -0.3 is 28.6 Å². The molecule has 9 heteroatoms. The van der Waals surface area contributed by atoms with Crippen LogP contribution in [0.4, 0.5) is 4.39 Å². The van der Waals surface area contributed by atoms with Gasteiger partial charge in [0.25, 0.3) is 11.7 Å². The Labute approximate surface area is 220 Å². The van der Waals surface area contributed by atoms with E-state index in [4.69, 9.17) is 18.6 Å². The van der Waals surface area contributed by atoms with Gasteiger partial charge in [0.05, 0.1) is 45.2 Å². The molecule has 1 aliphatic heterocycles. The maximum Gasteiger partial charge on any atom is 0.296 e. The number of unbranched alkanes of at least 4 members (excludes halogenated alkanes) is 2. The van der Waals surface area contributed by atoms with E-state index in [1.807, 2.05) is 0 Å². The summed E-state index contributed by atoms with van der Waals surface area (Å²) in [5, 5.41) is 11.2. The summed E-state index contributed by atoms with van der Waals surface area (Å²) >= 11 is 0. The third kappa shape index (κ3) is 5.37. The Morgan fingerprint density at radius 2 is 1.79 bits per heavy atom. The number of hydrogen-bond donors (Lipinski definition) is 1. The molecule has 1 aliphatic rings. The Balaban J connectivity index is 1.80. The Bertz CT molecular complexity index is 1330. The first-order valence-electron chi connectivity index (χ1n) is 12.3. The molecular weight excluding hydrogens is 493 g/mol. The quantitative estimate of drug-likeness (QED) is 0.151. The van der Waals surface area contributed by atoms with E-state index in [0.717, 1.165) is 25.3 Å². The van der Waals surface area contributed by atoms with Crippen molar-refractivity contribution in [3.8, 4) is 17.2 Å². The van der Waals surface area contributed by atoms with Crippen LogP contribution in [0.15, 0.2) is 64.8 Å². The second-order valence-corrected chi connectivity index (χ2v) is 8.82. The van der Waals surface area contributed by atoms with E-state index in [1.54, 1.807) is 30.3 Å². The maximum absolute atomic E-state index is 14.4. The van der Waals surface area contributed by atoms with Gasteiger partial charge in [-0.3, -0.25) is 9.59 Å². The van der Waals surface area contributed by atoms with E-state index >= 15 is 0 Å². The molecule has 0 radical (unpaired) electrons. The molecule has 0 aliphatic carbocycles. The number of halogens is 1. The number of ether oxygens (including phenoxy) is 3. The third-order valence-electron chi connectivity index (χ3n) is 6.38. The van der Waals surface area contributed by atoms with Gasteiger partial charge >= 0.3 is 0 Å². The van der Waals surface area contributed by atoms with Crippen LogP contribution in [0.5, 0.6) is 17.2 Å². The van der Waals surface area contributed by atoms with E-state index in [9.17, 15) is 19.1 Å². The minimum Gasteiger partial charge on any atom is -0.507 e. The zero-order valence-electron chi connectivity index (χ0n) is 21.5. The van der Waals surface area contributed by atoms with Crippen molar-refractivity contribution in [1.29, 1.82) is 0 Å². The van der Waals surface area contributed by atoms with Gasteiger partial charge in [0, 0.05) is 5.56 Å². The van der Waals surface area contributed by atoms with Crippen molar-refractivity contribution in [3.63, 3.8) is 0 Å². The number of Topliss-reactive ketones (excluding diaryl/α,β-unsaturated/α-hetero) is 1. The van der Waals surface area contributed by atoms with Crippen LogP contribution >= 0.6 is 0 Å². The number of furan rings is 1. The number of carbonyl (C=O) groups is 2. The number of aliphatic hydroxyl groups excluding tert-OH is 1. The fourth-order valence-electron chi connectivity index (χ4n) is 4.44. The van der Waals surface area contributed by atoms with Crippen molar-refractivity contribution in [3.05, 3.63) is 83.1 Å². The molecule has 8 nitrogen and oxygen atoms in total. The maximum atomic E-state index is 14.4. The van der Waals surface area contributed by atoms with Crippen molar-refractivity contribution in [2.75, 3.05) is 20.8 Å². The molecule has 0 bridgehead atoms. The van der Waals surface area contributed by atoms with Gasteiger partial charge in [-0.15, -0.1) is 0 Å². The predicted octanol–water partition coefficient (Wildman–Crippen LogP) is 5.63. The first-order chi connectivity index (χ1) is 18.4. The van der Waals surface area contributed by atoms with E-state index in [2.05, 4.69) is 6.92 Å². The molecule has 1 unspecified atom stereocenters. The molecule has 1 aromatic heterocycles. The summed E-state index contributed by atoms with van der Waals surface area (Å²) in [6, 6.07) is 11.3. The summed E-state index contributed by atoms with van der Waals surface area (Å²) in [4.78, 5) is 27.8. The van der Waals surface area contributed by atoms with Crippen LogP contribution in [-0.4, -0.2) is 42.5 Å². The fraction of sp³-hybridized carbons (Fsp3) is 0.310. The summed E-state index contributed by atoms with van der Waals surface area (Å²) in [7, 11) is 2.82. The van der Waals surface area contributed by atoms with Crippen LogP contribution in [0.3, 0.4) is 0 Å². The van der Waals surface area contributed by atoms with E-state index in [0.29, 0.717) is 29.4 Å². The monoisotopic (exact) mass is 523 g/mol. The number of ketones is 1. The van der Waals surface area contributed by atoms with Crippen molar-refractivity contribution >= 4 is 17.4 Å². The number of carbonyl (C=O) groups excluding carboxylic acids is 2. The number of aliphatic hydroxyl groups is 1. The van der Waals surface area contributed by atoms with Gasteiger partial charge in [-0.2, -0.15) is 0 Å². The van der Waals surface area contributed by atoms with Gasteiger partial charge in [-0.1, -0.05) is 25.8 Å². The largest absolute Gasteiger partial charge is 0.507 e. The SMILES string of the molecule is CCCCCOc1ccc(C2/C(=C(/O)c3ccc(OC)c(F)c3)C(=O)C(=O)N2Cc2ccco2)cc1OC.